The molecule has 0 aliphatic rings. The number of pyridine rings is 1. The minimum absolute atomic E-state index is 0.538. The highest BCUT2D eigenvalue weighted by Crippen LogP contribution is 2.31. The van der Waals surface area contributed by atoms with Crippen molar-refractivity contribution in [2.75, 3.05) is 6.54 Å². The van der Waals surface area contributed by atoms with E-state index in [2.05, 4.69) is 17.4 Å². The lowest BCUT2D eigenvalue weighted by molar-refractivity contribution is 0.938. The standard InChI is InChI=1S/C16H15Cl2N3/c1-10-3-2-4-15-20-14(7-8-19)16(21(10)15)11-5-6-12(17)13(18)9-11/h2-6,9H,7-8,19H2,1H3. The lowest BCUT2D eigenvalue weighted by atomic mass is 10.1. The molecule has 2 N–H and O–H groups in total. The highest BCUT2D eigenvalue weighted by atomic mass is 35.5. The number of aromatic nitrogens is 2. The van der Waals surface area contributed by atoms with Crippen molar-refractivity contribution in [3.8, 4) is 11.3 Å². The fourth-order valence-corrected chi connectivity index (χ4v) is 2.85. The summed E-state index contributed by atoms with van der Waals surface area (Å²) in [6, 6.07) is 11.7. The molecule has 108 valence electrons. The summed E-state index contributed by atoms with van der Waals surface area (Å²) in [4.78, 5) is 4.70. The Morgan fingerprint density at radius 3 is 2.67 bits per heavy atom. The van der Waals surface area contributed by atoms with E-state index in [0.29, 0.717) is 16.6 Å². The molecule has 0 radical (unpaired) electrons. The quantitative estimate of drug-likeness (QED) is 0.789. The van der Waals surface area contributed by atoms with Crippen LogP contribution < -0.4 is 5.73 Å². The van der Waals surface area contributed by atoms with E-state index in [-0.39, 0.29) is 0 Å². The Hall–Kier alpha value is -1.55. The summed E-state index contributed by atoms with van der Waals surface area (Å²) in [5, 5.41) is 1.09. The third kappa shape index (κ3) is 2.53. The van der Waals surface area contributed by atoms with Crippen LogP contribution in [0, 0.1) is 6.92 Å². The molecule has 0 aliphatic carbocycles. The maximum Gasteiger partial charge on any atom is 0.137 e. The summed E-state index contributed by atoms with van der Waals surface area (Å²) >= 11 is 12.2. The molecular weight excluding hydrogens is 305 g/mol. The molecule has 0 spiro atoms. The third-order valence-corrected chi connectivity index (χ3v) is 4.22. The molecule has 0 saturated carbocycles. The zero-order chi connectivity index (χ0) is 15.0. The first-order valence-electron chi connectivity index (χ1n) is 6.74. The number of benzene rings is 1. The largest absolute Gasteiger partial charge is 0.330 e. The van der Waals surface area contributed by atoms with Crippen LogP contribution in [0.2, 0.25) is 10.0 Å². The van der Waals surface area contributed by atoms with Gasteiger partial charge >= 0.3 is 0 Å². The molecular formula is C16H15Cl2N3. The zero-order valence-electron chi connectivity index (χ0n) is 11.6. The Bertz CT molecular complexity index is 809. The number of fused-ring (bicyclic) bond motifs is 1. The van der Waals surface area contributed by atoms with E-state index in [4.69, 9.17) is 33.9 Å². The molecule has 0 amide bonds. The molecule has 0 saturated heterocycles. The van der Waals surface area contributed by atoms with Crippen molar-refractivity contribution >= 4 is 28.8 Å². The first-order valence-corrected chi connectivity index (χ1v) is 7.50. The van der Waals surface area contributed by atoms with Gasteiger partial charge in [-0.05, 0) is 37.7 Å². The van der Waals surface area contributed by atoms with Crippen LogP contribution in [-0.4, -0.2) is 15.9 Å². The number of aryl methyl sites for hydroxylation is 1. The summed E-state index contributed by atoms with van der Waals surface area (Å²) in [5.41, 5.74) is 10.8. The van der Waals surface area contributed by atoms with Crippen LogP contribution in [-0.2, 0) is 6.42 Å². The molecule has 3 aromatic rings. The molecule has 1 aromatic carbocycles. The Kier molecular flexibility index (Phi) is 3.89. The monoisotopic (exact) mass is 319 g/mol. The number of hydrogen-bond acceptors (Lipinski definition) is 2. The smallest absolute Gasteiger partial charge is 0.137 e. The van der Waals surface area contributed by atoms with Crippen LogP contribution >= 0.6 is 23.2 Å². The number of nitrogens with zero attached hydrogens (tertiary/aromatic N) is 2. The normalized spacial score (nSPS) is 11.2. The maximum absolute atomic E-state index is 6.16. The molecule has 0 fully saturated rings. The van der Waals surface area contributed by atoms with Crippen LogP contribution in [0.1, 0.15) is 11.4 Å². The molecule has 0 unspecified atom stereocenters. The SMILES string of the molecule is Cc1cccc2nc(CCN)c(-c3ccc(Cl)c(Cl)c3)n12. The molecule has 5 heteroatoms. The lowest BCUT2D eigenvalue weighted by Crippen LogP contribution is -2.04. The van der Waals surface area contributed by atoms with Crippen molar-refractivity contribution in [2.45, 2.75) is 13.3 Å². The van der Waals surface area contributed by atoms with Crippen molar-refractivity contribution in [1.29, 1.82) is 0 Å². The van der Waals surface area contributed by atoms with E-state index in [1.54, 1.807) is 0 Å². The van der Waals surface area contributed by atoms with Crippen molar-refractivity contribution in [2.24, 2.45) is 5.73 Å². The van der Waals surface area contributed by atoms with Gasteiger partial charge < -0.3 is 5.73 Å². The molecule has 3 rings (SSSR count). The van der Waals surface area contributed by atoms with Crippen molar-refractivity contribution in [3.63, 3.8) is 0 Å². The highest BCUT2D eigenvalue weighted by molar-refractivity contribution is 6.42. The number of rotatable bonds is 3. The maximum atomic E-state index is 6.16. The van der Waals surface area contributed by atoms with E-state index in [9.17, 15) is 0 Å². The summed E-state index contributed by atoms with van der Waals surface area (Å²) in [6.45, 7) is 2.61. The number of nitrogens with two attached hydrogens (primary N) is 1. The van der Waals surface area contributed by atoms with E-state index >= 15 is 0 Å². The summed E-state index contributed by atoms with van der Waals surface area (Å²) in [7, 11) is 0. The average molecular weight is 320 g/mol. The van der Waals surface area contributed by atoms with Crippen LogP contribution in [0.15, 0.2) is 36.4 Å². The third-order valence-electron chi connectivity index (χ3n) is 3.49. The molecule has 21 heavy (non-hydrogen) atoms. The average Bonchev–Trinajstić information content (AvgIpc) is 2.82. The van der Waals surface area contributed by atoms with Gasteiger partial charge in [0.1, 0.15) is 5.65 Å². The van der Waals surface area contributed by atoms with E-state index < -0.39 is 0 Å². The second-order valence-electron chi connectivity index (χ2n) is 4.94. The molecule has 0 aliphatic heterocycles. The number of halogens is 2. The van der Waals surface area contributed by atoms with Gasteiger partial charge in [0.2, 0.25) is 0 Å². The Morgan fingerprint density at radius 2 is 1.95 bits per heavy atom. The molecule has 0 atom stereocenters. The van der Waals surface area contributed by atoms with E-state index in [1.807, 2.05) is 30.3 Å². The molecule has 3 nitrogen and oxygen atoms in total. The van der Waals surface area contributed by atoms with Gasteiger partial charge in [0.25, 0.3) is 0 Å². The van der Waals surface area contributed by atoms with Gasteiger partial charge in [-0.2, -0.15) is 0 Å². The van der Waals surface area contributed by atoms with Gasteiger partial charge in [0.15, 0.2) is 0 Å². The predicted molar refractivity (Wildman–Crippen MR) is 88.1 cm³/mol. The van der Waals surface area contributed by atoms with Crippen molar-refractivity contribution in [1.82, 2.24) is 9.38 Å². The number of hydrogen-bond donors (Lipinski definition) is 1. The summed E-state index contributed by atoms with van der Waals surface area (Å²) < 4.78 is 2.13. The fraction of sp³-hybridized carbons (Fsp3) is 0.188. The Morgan fingerprint density at radius 1 is 1.14 bits per heavy atom. The second kappa shape index (κ2) is 5.68. The predicted octanol–water partition coefficient (Wildman–Crippen LogP) is 4.12. The molecule has 2 aromatic heterocycles. The fourth-order valence-electron chi connectivity index (χ4n) is 2.55. The van der Waals surface area contributed by atoms with E-state index in [0.717, 1.165) is 34.7 Å². The first kappa shape index (κ1) is 14.4. The van der Waals surface area contributed by atoms with Gasteiger partial charge in [-0.25, -0.2) is 4.98 Å². The van der Waals surface area contributed by atoms with Gasteiger partial charge in [-0.1, -0.05) is 35.3 Å². The van der Waals surface area contributed by atoms with Crippen molar-refractivity contribution in [3.05, 3.63) is 57.8 Å². The van der Waals surface area contributed by atoms with Crippen LogP contribution in [0.5, 0.6) is 0 Å². The van der Waals surface area contributed by atoms with Crippen molar-refractivity contribution < 1.29 is 0 Å². The summed E-state index contributed by atoms with van der Waals surface area (Å²) in [5.74, 6) is 0. The first-order chi connectivity index (χ1) is 10.1. The molecule has 0 bridgehead atoms. The van der Waals surface area contributed by atoms with Gasteiger partial charge in [-0.15, -0.1) is 0 Å². The van der Waals surface area contributed by atoms with Gasteiger partial charge in [-0.3, -0.25) is 4.40 Å². The minimum Gasteiger partial charge on any atom is -0.330 e. The van der Waals surface area contributed by atoms with E-state index in [1.165, 1.54) is 0 Å². The highest BCUT2D eigenvalue weighted by Gasteiger charge is 2.15. The number of imidazole rings is 1. The van der Waals surface area contributed by atoms with Gasteiger partial charge in [0.05, 0.1) is 21.4 Å². The zero-order valence-corrected chi connectivity index (χ0v) is 13.1. The second-order valence-corrected chi connectivity index (χ2v) is 5.75. The van der Waals surface area contributed by atoms with Crippen LogP contribution in [0.3, 0.4) is 0 Å². The Labute approximate surface area is 133 Å². The lowest BCUT2D eigenvalue weighted by Gasteiger charge is -2.08. The minimum atomic E-state index is 0.538. The van der Waals surface area contributed by atoms with Crippen LogP contribution in [0.4, 0.5) is 0 Å². The summed E-state index contributed by atoms with van der Waals surface area (Å²) in [6.07, 6.45) is 0.719. The Balaban J connectivity index is 2.32. The molecule has 2 heterocycles. The van der Waals surface area contributed by atoms with Gasteiger partial charge in [0, 0.05) is 17.7 Å². The van der Waals surface area contributed by atoms with Crippen LogP contribution in [0.25, 0.3) is 16.9 Å². The topological polar surface area (TPSA) is 43.3 Å².